The summed E-state index contributed by atoms with van der Waals surface area (Å²) in [4.78, 5) is 22.9. The van der Waals surface area contributed by atoms with Crippen LogP contribution in [0.15, 0.2) is 0 Å². The number of aliphatic hydroxyl groups excluding tert-OH is 2. The van der Waals surface area contributed by atoms with Crippen molar-refractivity contribution in [1.82, 2.24) is 5.32 Å². The molecule has 0 bridgehead atoms. The van der Waals surface area contributed by atoms with Crippen LogP contribution in [0.3, 0.4) is 0 Å². The molecule has 2 saturated carbocycles. The third kappa shape index (κ3) is 5.42. The Labute approximate surface area is 130 Å². The molecule has 0 heterocycles. The Morgan fingerprint density at radius 1 is 0.913 bits per heavy atom. The van der Waals surface area contributed by atoms with Crippen LogP contribution in [0.25, 0.3) is 0 Å². The first-order valence-electron chi connectivity index (χ1n) is 7.44. The molecule has 132 valence electrons. The number of halogens is 4. The number of rotatable bonds is 8. The topological polar surface area (TPSA) is 86.6 Å². The van der Waals surface area contributed by atoms with Gasteiger partial charge in [0.2, 0.25) is 11.8 Å². The van der Waals surface area contributed by atoms with Gasteiger partial charge in [-0.05, 0) is 12.8 Å². The standard InChI is InChI=1S/C14H19F4NO4/c15-13(16)5-7(13)1-9(20)3-11(22)19-12(23)4-10(21)2-8-6-14(8,17)18/h7-10,20-21H,1-6H2,(H,19,22,23). The number of carbonyl (C=O) groups excluding carboxylic acids is 2. The minimum absolute atomic E-state index is 0.228. The lowest BCUT2D eigenvalue weighted by Crippen LogP contribution is -2.35. The van der Waals surface area contributed by atoms with E-state index in [1.54, 1.807) is 0 Å². The van der Waals surface area contributed by atoms with E-state index in [2.05, 4.69) is 0 Å². The van der Waals surface area contributed by atoms with Crippen LogP contribution in [0.4, 0.5) is 17.6 Å². The smallest absolute Gasteiger partial charge is 0.251 e. The minimum Gasteiger partial charge on any atom is -0.393 e. The summed E-state index contributed by atoms with van der Waals surface area (Å²) >= 11 is 0. The number of hydrogen-bond donors (Lipinski definition) is 3. The summed E-state index contributed by atoms with van der Waals surface area (Å²) < 4.78 is 50.7. The second kappa shape index (κ2) is 6.35. The highest BCUT2D eigenvalue weighted by Gasteiger charge is 2.57. The molecule has 0 aliphatic heterocycles. The van der Waals surface area contributed by atoms with Crippen molar-refractivity contribution >= 4 is 11.8 Å². The van der Waals surface area contributed by atoms with Gasteiger partial charge in [0.1, 0.15) is 0 Å². The highest BCUT2D eigenvalue weighted by molar-refractivity contribution is 5.95. The van der Waals surface area contributed by atoms with Crippen molar-refractivity contribution in [1.29, 1.82) is 0 Å². The largest absolute Gasteiger partial charge is 0.393 e. The zero-order valence-corrected chi connectivity index (χ0v) is 12.3. The fourth-order valence-electron chi connectivity index (χ4n) is 2.56. The molecule has 0 aromatic rings. The van der Waals surface area contributed by atoms with E-state index in [0.717, 1.165) is 0 Å². The highest BCUT2D eigenvalue weighted by atomic mass is 19.3. The summed E-state index contributed by atoms with van der Waals surface area (Å²) in [5.41, 5.74) is 0. The molecule has 2 aliphatic rings. The zero-order chi connectivity index (χ0) is 17.4. The molecular formula is C14H19F4NO4. The number of nitrogens with one attached hydrogen (secondary N) is 1. The molecule has 2 amide bonds. The number of alkyl halides is 4. The third-order valence-electron chi connectivity index (χ3n) is 4.15. The number of amides is 2. The van der Waals surface area contributed by atoms with Gasteiger partial charge < -0.3 is 10.2 Å². The zero-order valence-electron chi connectivity index (χ0n) is 12.3. The number of imide groups is 1. The first-order valence-corrected chi connectivity index (χ1v) is 7.44. The first kappa shape index (κ1) is 18.1. The molecule has 4 unspecified atom stereocenters. The van der Waals surface area contributed by atoms with E-state index >= 15 is 0 Å². The molecule has 0 aromatic heterocycles. The lowest BCUT2D eigenvalue weighted by molar-refractivity contribution is -0.132. The molecule has 2 rings (SSSR count). The molecule has 5 nitrogen and oxygen atoms in total. The molecule has 2 fully saturated rings. The van der Waals surface area contributed by atoms with Gasteiger partial charge in [-0.2, -0.15) is 0 Å². The van der Waals surface area contributed by atoms with Crippen LogP contribution in [0.1, 0.15) is 38.5 Å². The van der Waals surface area contributed by atoms with Gasteiger partial charge in [0.15, 0.2) is 0 Å². The summed E-state index contributed by atoms with van der Waals surface area (Å²) in [6.07, 6.45) is -4.66. The SMILES string of the molecule is O=C(CC(O)CC1CC1(F)F)NC(=O)CC(O)CC1CC1(F)F. The summed E-state index contributed by atoms with van der Waals surface area (Å²) in [6, 6.07) is 0. The van der Waals surface area contributed by atoms with E-state index in [1.807, 2.05) is 5.32 Å². The molecule has 0 radical (unpaired) electrons. The van der Waals surface area contributed by atoms with Gasteiger partial charge in [-0.15, -0.1) is 0 Å². The first-order chi connectivity index (χ1) is 10.5. The fourth-order valence-corrected chi connectivity index (χ4v) is 2.56. The average Bonchev–Trinajstić information content (AvgIpc) is 3.13. The second-order valence-corrected chi connectivity index (χ2v) is 6.48. The number of hydrogen-bond acceptors (Lipinski definition) is 4. The minimum atomic E-state index is -2.79. The van der Waals surface area contributed by atoms with Crippen LogP contribution in [0.5, 0.6) is 0 Å². The molecule has 2 aliphatic carbocycles. The Morgan fingerprint density at radius 2 is 1.22 bits per heavy atom. The molecule has 0 saturated heterocycles. The molecule has 0 aromatic carbocycles. The predicted octanol–water partition coefficient (Wildman–Crippen LogP) is 1.22. The number of aliphatic hydroxyl groups is 2. The van der Waals surface area contributed by atoms with Gasteiger partial charge in [0.25, 0.3) is 11.8 Å². The van der Waals surface area contributed by atoms with Gasteiger partial charge >= 0.3 is 0 Å². The average molecular weight is 341 g/mol. The van der Waals surface area contributed by atoms with Crippen LogP contribution in [0, 0.1) is 11.8 Å². The van der Waals surface area contributed by atoms with E-state index < -0.39 is 60.5 Å². The van der Waals surface area contributed by atoms with Crippen molar-refractivity contribution in [3.63, 3.8) is 0 Å². The normalized spacial score (nSPS) is 29.5. The Balaban J connectivity index is 1.61. The predicted molar refractivity (Wildman–Crippen MR) is 69.7 cm³/mol. The van der Waals surface area contributed by atoms with Crippen molar-refractivity contribution in [3.05, 3.63) is 0 Å². The molecule has 4 atom stereocenters. The van der Waals surface area contributed by atoms with Gasteiger partial charge in [-0.1, -0.05) is 0 Å². The van der Waals surface area contributed by atoms with E-state index in [4.69, 9.17) is 0 Å². The van der Waals surface area contributed by atoms with Crippen molar-refractivity contribution in [2.75, 3.05) is 0 Å². The third-order valence-corrected chi connectivity index (χ3v) is 4.15. The maximum absolute atomic E-state index is 12.7. The van der Waals surface area contributed by atoms with Crippen LogP contribution in [-0.2, 0) is 9.59 Å². The van der Waals surface area contributed by atoms with Crippen molar-refractivity contribution in [2.45, 2.75) is 62.6 Å². The maximum Gasteiger partial charge on any atom is 0.251 e. The lowest BCUT2D eigenvalue weighted by Gasteiger charge is -2.12. The summed E-state index contributed by atoms with van der Waals surface area (Å²) in [6.45, 7) is 0. The Morgan fingerprint density at radius 3 is 1.48 bits per heavy atom. The van der Waals surface area contributed by atoms with Crippen molar-refractivity contribution in [3.8, 4) is 0 Å². The Bertz CT molecular complexity index is 443. The Hall–Kier alpha value is -1.22. The highest BCUT2D eigenvalue weighted by Crippen LogP contribution is 2.52. The van der Waals surface area contributed by atoms with Crippen molar-refractivity contribution in [2.24, 2.45) is 11.8 Å². The molecule has 3 N–H and O–H groups in total. The van der Waals surface area contributed by atoms with Gasteiger partial charge in [0, 0.05) is 24.7 Å². The summed E-state index contributed by atoms with van der Waals surface area (Å²) in [5.74, 6) is -9.17. The van der Waals surface area contributed by atoms with Gasteiger partial charge in [-0.25, -0.2) is 17.6 Å². The summed E-state index contributed by atoms with van der Waals surface area (Å²) in [5, 5.41) is 20.9. The lowest BCUT2D eigenvalue weighted by atomic mass is 10.1. The van der Waals surface area contributed by atoms with Crippen LogP contribution in [0.2, 0.25) is 0 Å². The van der Waals surface area contributed by atoms with Crippen LogP contribution < -0.4 is 5.32 Å². The van der Waals surface area contributed by atoms with E-state index in [9.17, 15) is 37.4 Å². The van der Waals surface area contributed by atoms with Crippen molar-refractivity contribution < 1.29 is 37.4 Å². The van der Waals surface area contributed by atoms with Gasteiger partial charge in [0.05, 0.1) is 25.0 Å². The molecular weight excluding hydrogens is 322 g/mol. The van der Waals surface area contributed by atoms with Crippen LogP contribution >= 0.6 is 0 Å². The molecule has 23 heavy (non-hydrogen) atoms. The van der Waals surface area contributed by atoms with E-state index in [-0.39, 0.29) is 25.7 Å². The Kier molecular flexibility index (Phi) is 5.00. The maximum atomic E-state index is 12.7. The molecule has 9 heteroatoms. The fraction of sp³-hybridized carbons (Fsp3) is 0.857. The summed E-state index contributed by atoms with van der Waals surface area (Å²) in [7, 11) is 0. The molecule has 0 spiro atoms. The van der Waals surface area contributed by atoms with Crippen LogP contribution in [-0.4, -0.2) is 46.1 Å². The van der Waals surface area contributed by atoms with E-state index in [1.165, 1.54) is 0 Å². The monoisotopic (exact) mass is 341 g/mol. The quantitative estimate of drug-likeness (QED) is 0.580. The second-order valence-electron chi connectivity index (χ2n) is 6.48. The number of carbonyl (C=O) groups is 2. The van der Waals surface area contributed by atoms with Gasteiger partial charge in [-0.3, -0.25) is 14.9 Å². The van der Waals surface area contributed by atoms with E-state index in [0.29, 0.717) is 0 Å².